The van der Waals surface area contributed by atoms with E-state index >= 15 is 0 Å². The number of aromatic nitrogens is 4. The van der Waals surface area contributed by atoms with Crippen LogP contribution in [-0.2, 0) is 4.57 Å². The number of anilines is 1. The first kappa shape index (κ1) is 24.7. The monoisotopic (exact) mass is 469 g/mol. The Kier molecular flexibility index (Phi) is 7.92. The summed E-state index contributed by atoms with van der Waals surface area (Å²) in [5, 5.41) is 9.24. The van der Waals surface area contributed by atoms with Crippen LogP contribution in [0.3, 0.4) is 0 Å². The summed E-state index contributed by atoms with van der Waals surface area (Å²) < 4.78 is 17.1. The Balaban J connectivity index is 0.00000150. The van der Waals surface area contributed by atoms with Gasteiger partial charge in [0.2, 0.25) is 5.78 Å². The SMILES string of the molecule is Nc1nnc(-c2csc(C(=O)c3cn(P(=O)([O-])[O-])c4ccc(Cl)cc34)n2)o1.[Na+].[Na+]. The summed E-state index contributed by atoms with van der Waals surface area (Å²) in [6.45, 7) is 0. The van der Waals surface area contributed by atoms with E-state index in [1.54, 1.807) is 0 Å². The maximum absolute atomic E-state index is 12.9. The number of halogens is 1. The van der Waals surface area contributed by atoms with Crippen LogP contribution in [-0.4, -0.2) is 25.3 Å². The number of thiazole rings is 1. The fourth-order valence-electron chi connectivity index (χ4n) is 2.50. The van der Waals surface area contributed by atoms with Crippen LogP contribution < -0.4 is 74.6 Å². The van der Waals surface area contributed by atoms with E-state index in [4.69, 9.17) is 21.8 Å². The number of nitrogens with two attached hydrogens (primary N) is 1. The average Bonchev–Trinajstić information content (AvgIpc) is 3.30. The van der Waals surface area contributed by atoms with Crippen LogP contribution in [0, 0.1) is 0 Å². The Morgan fingerprint density at radius 1 is 1.28 bits per heavy atom. The molecular weight excluding hydrogens is 463 g/mol. The number of nitrogen functional groups attached to an aromatic ring is 1. The molecule has 3 heterocycles. The number of fused-ring (bicyclic) bond motifs is 1. The number of nitrogens with zero attached hydrogens (tertiary/aromatic N) is 4. The van der Waals surface area contributed by atoms with E-state index in [2.05, 4.69) is 15.2 Å². The molecule has 0 radical (unpaired) electrons. The Bertz CT molecular complexity index is 1250. The number of ketones is 1. The predicted molar refractivity (Wildman–Crippen MR) is 93.2 cm³/mol. The van der Waals surface area contributed by atoms with Crippen molar-refractivity contribution in [3.05, 3.63) is 45.4 Å². The third-order valence-corrected chi connectivity index (χ3v) is 5.55. The van der Waals surface area contributed by atoms with Gasteiger partial charge in [0.25, 0.3) is 5.89 Å². The quantitative estimate of drug-likeness (QED) is 0.176. The minimum Gasteiger partial charge on any atom is -0.795 e. The summed E-state index contributed by atoms with van der Waals surface area (Å²) in [5.74, 6) is -0.546. The molecule has 3 aromatic heterocycles. The van der Waals surface area contributed by atoms with Gasteiger partial charge < -0.3 is 28.8 Å². The Hall–Kier alpha value is -0.560. The molecule has 4 aromatic rings. The molecule has 0 saturated carbocycles. The van der Waals surface area contributed by atoms with Gasteiger partial charge in [-0.3, -0.25) is 4.79 Å². The Labute approximate surface area is 216 Å². The van der Waals surface area contributed by atoms with Gasteiger partial charge in [0.15, 0.2) is 5.01 Å². The van der Waals surface area contributed by atoms with Crippen molar-refractivity contribution in [2.45, 2.75) is 0 Å². The normalized spacial score (nSPS) is 11.1. The largest absolute Gasteiger partial charge is 1.00 e. The van der Waals surface area contributed by atoms with Gasteiger partial charge in [-0.15, -0.1) is 16.4 Å². The van der Waals surface area contributed by atoms with Crippen molar-refractivity contribution >= 4 is 53.4 Å². The second-order valence-corrected chi connectivity index (χ2v) is 7.99. The topological polar surface area (TPSA) is 163 Å². The molecule has 0 aliphatic carbocycles. The molecule has 0 unspecified atom stereocenters. The zero-order valence-corrected chi connectivity index (χ0v) is 21.5. The van der Waals surface area contributed by atoms with E-state index in [1.165, 1.54) is 23.6 Å². The van der Waals surface area contributed by atoms with Gasteiger partial charge in [-0.1, -0.05) is 16.7 Å². The van der Waals surface area contributed by atoms with Gasteiger partial charge in [-0.25, -0.2) is 4.98 Å². The van der Waals surface area contributed by atoms with Crippen LogP contribution in [0.15, 0.2) is 34.2 Å². The maximum Gasteiger partial charge on any atom is 1.00 e. The molecule has 0 saturated heterocycles. The first-order valence-electron chi connectivity index (χ1n) is 7.17. The number of rotatable bonds is 4. The van der Waals surface area contributed by atoms with E-state index in [-0.39, 0.29) is 103 Å². The molecule has 10 nitrogen and oxygen atoms in total. The molecule has 2 N–H and O–H groups in total. The second-order valence-electron chi connectivity index (χ2n) is 5.33. The molecule has 29 heavy (non-hydrogen) atoms. The predicted octanol–water partition coefficient (Wildman–Crippen LogP) is -4.70. The molecular formula is C14H7ClN5Na2O5PS. The average molecular weight is 470 g/mol. The molecule has 0 spiro atoms. The van der Waals surface area contributed by atoms with Gasteiger partial charge in [-0.2, -0.15) is 0 Å². The molecule has 0 amide bonds. The zero-order chi connectivity index (χ0) is 19.3. The van der Waals surface area contributed by atoms with Crippen molar-refractivity contribution in [3.63, 3.8) is 0 Å². The van der Waals surface area contributed by atoms with Gasteiger partial charge in [0.1, 0.15) is 5.69 Å². The summed E-state index contributed by atoms with van der Waals surface area (Å²) in [4.78, 5) is 40.1. The van der Waals surface area contributed by atoms with Crippen LogP contribution in [0.5, 0.6) is 0 Å². The van der Waals surface area contributed by atoms with Crippen LogP contribution in [0.4, 0.5) is 6.01 Å². The summed E-state index contributed by atoms with van der Waals surface area (Å²) in [7, 11) is -5.17. The summed E-state index contributed by atoms with van der Waals surface area (Å²) >= 11 is 6.94. The van der Waals surface area contributed by atoms with E-state index in [1.807, 2.05) is 0 Å². The van der Waals surface area contributed by atoms with Crippen LogP contribution in [0.2, 0.25) is 5.02 Å². The van der Waals surface area contributed by atoms with Crippen molar-refractivity contribution in [1.82, 2.24) is 19.5 Å². The van der Waals surface area contributed by atoms with Crippen molar-refractivity contribution in [3.8, 4) is 11.6 Å². The van der Waals surface area contributed by atoms with Gasteiger partial charge in [-0.05, 0) is 18.2 Å². The van der Waals surface area contributed by atoms with Crippen molar-refractivity contribution in [1.29, 1.82) is 0 Å². The van der Waals surface area contributed by atoms with Crippen LogP contribution >= 0.6 is 30.7 Å². The molecule has 15 heteroatoms. The fourth-order valence-corrected chi connectivity index (χ4v) is 4.11. The Morgan fingerprint density at radius 3 is 2.62 bits per heavy atom. The zero-order valence-electron chi connectivity index (χ0n) is 15.0. The number of carbonyl (C=O) groups is 1. The van der Waals surface area contributed by atoms with E-state index in [0.717, 1.165) is 17.5 Å². The number of hydrogen-bond acceptors (Lipinski definition) is 10. The summed E-state index contributed by atoms with van der Waals surface area (Å²) in [6, 6.07) is 4.03. The van der Waals surface area contributed by atoms with Crippen molar-refractivity contribution in [2.24, 2.45) is 0 Å². The molecule has 0 aliphatic heterocycles. The first-order chi connectivity index (χ1) is 12.7. The molecule has 4 rings (SSSR count). The van der Waals surface area contributed by atoms with Crippen LogP contribution in [0.25, 0.3) is 22.5 Å². The number of hydrogen-bond donors (Lipinski definition) is 1. The fraction of sp³-hybridized carbons (Fsp3) is 0. The summed E-state index contributed by atoms with van der Waals surface area (Å²) in [5.41, 5.74) is 5.63. The smallest absolute Gasteiger partial charge is 0.795 e. The standard InChI is InChI=1S/C14H9ClN5O5PS.2Na/c15-6-1-2-10-7(3-6)8(4-20(10)26(22,23)24)11(21)13-17-9(5-27-13)12-18-19-14(16)25-12;;/h1-5H,(H2,16,19)(H2,22,23,24);;/q;2*+1/p-2. The molecule has 0 atom stereocenters. The minimum atomic E-state index is -5.17. The first-order valence-corrected chi connectivity index (χ1v) is 9.92. The third kappa shape index (κ3) is 4.86. The van der Waals surface area contributed by atoms with Crippen molar-refractivity contribution < 1.29 is 82.7 Å². The van der Waals surface area contributed by atoms with Gasteiger partial charge >= 0.3 is 65.1 Å². The summed E-state index contributed by atoms with van der Waals surface area (Å²) in [6.07, 6.45) is 0.968. The number of carbonyl (C=O) groups excluding carboxylic acids is 1. The molecule has 0 bridgehead atoms. The third-order valence-electron chi connectivity index (χ3n) is 3.61. The molecule has 138 valence electrons. The maximum atomic E-state index is 12.9. The van der Waals surface area contributed by atoms with E-state index in [9.17, 15) is 19.1 Å². The van der Waals surface area contributed by atoms with Gasteiger partial charge in [0.05, 0.1) is 11.1 Å². The van der Waals surface area contributed by atoms with E-state index in [0.29, 0.717) is 4.34 Å². The second kappa shape index (κ2) is 9.29. The van der Waals surface area contributed by atoms with Gasteiger partial charge in [0, 0.05) is 29.7 Å². The molecule has 0 aliphatic rings. The number of benzene rings is 1. The van der Waals surface area contributed by atoms with Crippen LogP contribution in [0.1, 0.15) is 15.4 Å². The van der Waals surface area contributed by atoms with E-state index < -0.39 is 13.5 Å². The minimum absolute atomic E-state index is 0. The Morgan fingerprint density at radius 2 is 2.00 bits per heavy atom. The van der Waals surface area contributed by atoms with Crippen molar-refractivity contribution in [2.75, 3.05) is 5.73 Å². The molecule has 1 aromatic carbocycles. The molecule has 0 fully saturated rings.